The minimum atomic E-state index is -0.177. The molecule has 4 heterocycles. The molecule has 3 atom stereocenters. The number of fused-ring (bicyclic) bond motifs is 3. The maximum Gasteiger partial charge on any atom is 0.275 e. The summed E-state index contributed by atoms with van der Waals surface area (Å²) < 4.78 is 5.50. The number of aryl methyl sites for hydroxylation is 1. The van der Waals surface area contributed by atoms with Crippen LogP contribution in [0.1, 0.15) is 46.0 Å². The highest BCUT2D eigenvalue weighted by molar-refractivity contribution is 5.95. The minimum Gasteiger partial charge on any atom is -0.376 e. The van der Waals surface area contributed by atoms with Crippen LogP contribution in [0.4, 0.5) is 0 Å². The van der Waals surface area contributed by atoms with Crippen molar-refractivity contribution in [2.75, 3.05) is 13.2 Å². The van der Waals surface area contributed by atoms with Gasteiger partial charge in [0.1, 0.15) is 0 Å². The van der Waals surface area contributed by atoms with E-state index in [9.17, 15) is 9.59 Å². The highest BCUT2D eigenvalue weighted by Gasteiger charge is 2.52. The van der Waals surface area contributed by atoms with Crippen molar-refractivity contribution in [2.24, 2.45) is 11.8 Å². The average Bonchev–Trinajstić information content (AvgIpc) is 3.45. The zero-order valence-electron chi connectivity index (χ0n) is 16.4. The van der Waals surface area contributed by atoms with Crippen LogP contribution in [-0.4, -0.2) is 56.1 Å². The van der Waals surface area contributed by atoms with Crippen molar-refractivity contribution in [1.82, 2.24) is 30.4 Å². The summed E-state index contributed by atoms with van der Waals surface area (Å²) in [6, 6.07) is -0.0755. The first-order chi connectivity index (χ1) is 14.1. The highest BCUT2D eigenvalue weighted by Crippen LogP contribution is 2.43. The fourth-order valence-corrected chi connectivity index (χ4v) is 4.85. The summed E-state index contributed by atoms with van der Waals surface area (Å²) in [6.07, 6.45) is 5.93. The van der Waals surface area contributed by atoms with Crippen molar-refractivity contribution in [3.05, 3.63) is 40.7 Å². The predicted molar refractivity (Wildman–Crippen MR) is 102 cm³/mol. The molecule has 2 aliphatic heterocycles. The summed E-state index contributed by atoms with van der Waals surface area (Å²) in [5.41, 5.74) is 3.86. The first-order valence-corrected chi connectivity index (χ1v) is 10.1. The summed E-state index contributed by atoms with van der Waals surface area (Å²) in [7, 11) is 0. The molecule has 152 valence electrons. The molecule has 2 fully saturated rings. The SMILES string of the molecule is Cc1cnc(CNC(=O)[C@@H]2[C@H]3CC[C@@H]2N(C(=O)c2n[nH]c4c2COCC4)C3)cn1. The van der Waals surface area contributed by atoms with Gasteiger partial charge in [0.2, 0.25) is 5.91 Å². The number of likely N-dealkylation sites (tertiary alicyclic amines) is 1. The molecular weight excluding hydrogens is 372 g/mol. The van der Waals surface area contributed by atoms with Crippen molar-refractivity contribution in [3.63, 3.8) is 0 Å². The van der Waals surface area contributed by atoms with E-state index < -0.39 is 0 Å². The molecule has 9 heteroatoms. The summed E-state index contributed by atoms with van der Waals surface area (Å²) in [5, 5.41) is 10.2. The van der Waals surface area contributed by atoms with E-state index in [1.165, 1.54) is 0 Å². The number of rotatable bonds is 4. The molecule has 3 aliphatic rings. The highest BCUT2D eigenvalue weighted by atomic mass is 16.5. The molecule has 2 amide bonds. The Morgan fingerprint density at radius 2 is 2.21 bits per heavy atom. The fourth-order valence-electron chi connectivity index (χ4n) is 4.85. The van der Waals surface area contributed by atoms with Crippen molar-refractivity contribution in [2.45, 2.75) is 45.4 Å². The van der Waals surface area contributed by atoms with Crippen LogP contribution in [0, 0.1) is 18.8 Å². The molecule has 1 aliphatic carbocycles. The maximum atomic E-state index is 13.2. The second-order valence-corrected chi connectivity index (χ2v) is 8.09. The predicted octanol–water partition coefficient (Wildman–Crippen LogP) is 0.748. The van der Waals surface area contributed by atoms with Gasteiger partial charge in [0.05, 0.1) is 43.3 Å². The first kappa shape index (κ1) is 18.2. The van der Waals surface area contributed by atoms with E-state index in [4.69, 9.17) is 4.74 Å². The normalized spacial score (nSPS) is 25.1. The van der Waals surface area contributed by atoms with Crippen LogP contribution in [0.2, 0.25) is 0 Å². The molecule has 5 rings (SSSR count). The number of carbonyl (C=O) groups excluding carboxylic acids is 2. The number of piperidine rings is 1. The van der Waals surface area contributed by atoms with Crippen LogP contribution < -0.4 is 5.32 Å². The summed E-state index contributed by atoms with van der Waals surface area (Å²) in [4.78, 5) is 36.4. The lowest BCUT2D eigenvalue weighted by Crippen LogP contribution is -2.42. The molecule has 29 heavy (non-hydrogen) atoms. The zero-order chi connectivity index (χ0) is 20.0. The number of aromatic nitrogens is 4. The van der Waals surface area contributed by atoms with Gasteiger partial charge in [-0.05, 0) is 25.7 Å². The molecule has 1 saturated carbocycles. The third-order valence-electron chi connectivity index (χ3n) is 6.33. The van der Waals surface area contributed by atoms with Gasteiger partial charge in [-0.15, -0.1) is 0 Å². The van der Waals surface area contributed by atoms with E-state index in [0.717, 1.165) is 41.9 Å². The Hall–Kier alpha value is -2.81. The van der Waals surface area contributed by atoms with E-state index in [1.807, 2.05) is 11.8 Å². The number of nitrogens with one attached hydrogen (secondary N) is 2. The van der Waals surface area contributed by atoms with Crippen molar-refractivity contribution >= 4 is 11.8 Å². The van der Waals surface area contributed by atoms with Crippen molar-refractivity contribution in [3.8, 4) is 0 Å². The number of hydrogen-bond donors (Lipinski definition) is 2. The van der Waals surface area contributed by atoms with Gasteiger partial charge in [-0.3, -0.25) is 24.7 Å². The lowest BCUT2D eigenvalue weighted by atomic mass is 9.97. The Labute approximate surface area is 168 Å². The molecule has 2 aromatic heterocycles. The number of nitrogens with zero attached hydrogens (tertiary/aromatic N) is 4. The average molecular weight is 396 g/mol. The van der Waals surface area contributed by atoms with Gasteiger partial charge in [-0.2, -0.15) is 5.10 Å². The second-order valence-electron chi connectivity index (χ2n) is 8.09. The third kappa shape index (κ3) is 3.19. The van der Waals surface area contributed by atoms with E-state index in [-0.39, 0.29) is 29.7 Å². The van der Waals surface area contributed by atoms with E-state index in [1.54, 1.807) is 12.4 Å². The molecular formula is C20H24N6O3. The molecule has 2 bridgehead atoms. The lowest BCUT2D eigenvalue weighted by Gasteiger charge is -2.27. The van der Waals surface area contributed by atoms with Gasteiger partial charge >= 0.3 is 0 Å². The van der Waals surface area contributed by atoms with Gasteiger partial charge in [0, 0.05) is 36.5 Å². The maximum absolute atomic E-state index is 13.2. The van der Waals surface area contributed by atoms with Gasteiger partial charge in [-0.1, -0.05) is 0 Å². The van der Waals surface area contributed by atoms with Crippen molar-refractivity contribution in [1.29, 1.82) is 0 Å². The Bertz CT molecular complexity index is 940. The molecule has 0 radical (unpaired) electrons. The number of H-pyrrole nitrogens is 1. The molecule has 2 aromatic rings. The molecule has 9 nitrogen and oxygen atoms in total. The van der Waals surface area contributed by atoms with Crippen LogP contribution in [-0.2, 0) is 29.1 Å². The Morgan fingerprint density at radius 1 is 1.31 bits per heavy atom. The molecule has 0 aromatic carbocycles. The van der Waals surface area contributed by atoms with Crippen LogP contribution in [0.15, 0.2) is 12.4 Å². The largest absolute Gasteiger partial charge is 0.376 e. The fraction of sp³-hybridized carbons (Fsp3) is 0.550. The number of hydrogen-bond acceptors (Lipinski definition) is 6. The summed E-state index contributed by atoms with van der Waals surface area (Å²) in [6.45, 7) is 3.88. The first-order valence-electron chi connectivity index (χ1n) is 10.1. The number of amides is 2. The molecule has 2 N–H and O–H groups in total. The number of aromatic amines is 1. The Balaban J connectivity index is 1.28. The standard InChI is InChI=1S/C20H24N6O3/c1-11-6-22-13(7-21-11)8-23-19(27)17-12-2-3-16(17)26(9-12)20(28)18-14-10-29-5-4-15(14)24-25-18/h6-7,12,16-17H,2-5,8-10H2,1H3,(H,23,27)(H,24,25)/t12-,16-,17+/m0/s1. The Morgan fingerprint density at radius 3 is 3.03 bits per heavy atom. The third-order valence-corrected chi connectivity index (χ3v) is 6.33. The van der Waals surface area contributed by atoms with Crippen LogP contribution in [0.5, 0.6) is 0 Å². The molecule has 0 unspecified atom stereocenters. The van der Waals surface area contributed by atoms with Crippen LogP contribution in [0.3, 0.4) is 0 Å². The lowest BCUT2D eigenvalue weighted by molar-refractivity contribution is -0.126. The van der Waals surface area contributed by atoms with Gasteiger partial charge < -0.3 is 15.0 Å². The quantitative estimate of drug-likeness (QED) is 0.788. The minimum absolute atomic E-state index is 0.0115. The monoisotopic (exact) mass is 396 g/mol. The second kappa shape index (κ2) is 7.22. The van der Waals surface area contributed by atoms with Gasteiger partial charge in [0.15, 0.2) is 5.69 Å². The van der Waals surface area contributed by atoms with Crippen molar-refractivity contribution < 1.29 is 14.3 Å². The number of ether oxygens (including phenoxy) is 1. The number of carbonyl (C=O) groups is 2. The van der Waals surface area contributed by atoms with Crippen LogP contribution in [0.25, 0.3) is 0 Å². The summed E-state index contributed by atoms with van der Waals surface area (Å²) in [5.74, 6) is -0.0904. The Kier molecular flexibility index (Phi) is 4.54. The van der Waals surface area contributed by atoms with Gasteiger partial charge in [0.25, 0.3) is 5.91 Å². The smallest absolute Gasteiger partial charge is 0.275 e. The van der Waals surface area contributed by atoms with Gasteiger partial charge in [-0.25, -0.2) is 0 Å². The molecule has 0 spiro atoms. The van der Waals surface area contributed by atoms with E-state index in [2.05, 4.69) is 25.5 Å². The summed E-state index contributed by atoms with van der Waals surface area (Å²) >= 11 is 0. The zero-order valence-corrected chi connectivity index (χ0v) is 16.4. The van der Waals surface area contributed by atoms with E-state index >= 15 is 0 Å². The topological polar surface area (TPSA) is 113 Å². The van der Waals surface area contributed by atoms with Crippen LogP contribution >= 0.6 is 0 Å². The van der Waals surface area contributed by atoms with E-state index in [0.29, 0.717) is 32.0 Å². The molecule has 1 saturated heterocycles.